The van der Waals surface area contributed by atoms with Gasteiger partial charge in [0.1, 0.15) is 23.9 Å². The largest absolute Gasteiger partial charge is 0.508 e. The summed E-state index contributed by atoms with van der Waals surface area (Å²) in [4.78, 5) is 51.6. The van der Waals surface area contributed by atoms with Crippen LogP contribution in [-0.2, 0) is 32.0 Å². The molecule has 0 aromatic heterocycles. The highest BCUT2D eigenvalue weighted by molar-refractivity contribution is 5.94. The molecule has 0 bridgehead atoms. The summed E-state index contributed by atoms with van der Waals surface area (Å²) in [6.45, 7) is 4.06. The van der Waals surface area contributed by atoms with Crippen LogP contribution >= 0.6 is 0 Å². The molecular formula is C30H43N5O6. The van der Waals surface area contributed by atoms with E-state index < -0.39 is 47.9 Å². The molecule has 0 radical (unpaired) electrons. The van der Waals surface area contributed by atoms with Crippen LogP contribution in [0, 0.1) is 5.92 Å². The molecule has 0 spiro atoms. The fraction of sp³-hybridized carbons (Fsp3) is 0.467. The van der Waals surface area contributed by atoms with Gasteiger partial charge < -0.3 is 37.6 Å². The number of aromatic hydroxyl groups is 1. The number of nitrogens with one attached hydrogen (secondary N) is 3. The average molecular weight is 570 g/mol. The Hall–Kier alpha value is -3.96. The molecule has 9 N–H and O–H groups in total. The molecule has 0 heterocycles. The van der Waals surface area contributed by atoms with Crippen molar-refractivity contribution in [3.8, 4) is 5.75 Å². The molecule has 0 aliphatic rings. The van der Waals surface area contributed by atoms with Crippen molar-refractivity contribution in [1.82, 2.24) is 16.0 Å². The summed E-state index contributed by atoms with van der Waals surface area (Å²) in [5.41, 5.74) is 13.2. The molecular weight excluding hydrogens is 526 g/mol. The van der Waals surface area contributed by atoms with Gasteiger partial charge in [0.2, 0.25) is 17.7 Å². The molecule has 0 saturated carbocycles. The third kappa shape index (κ3) is 11.2. The van der Waals surface area contributed by atoms with Crippen LogP contribution in [0.4, 0.5) is 0 Å². The summed E-state index contributed by atoms with van der Waals surface area (Å²) in [7, 11) is 0. The van der Waals surface area contributed by atoms with Gasteiger partial charge in [0.25, 0.3) is 0 Å². The number of rotatable bonds is 17. The third-order valence-electron chi connectivity index (χ3n) is 7.00. The Morgan fingerprint density at radius 2 is 1.41 bits per heavy atom. The summed E-state index contributed by atoms with van der Waals surface area (Å²) in [6, 6.07) is 11.1. The van der Waals surface area contributed by atoms with Gasteiger partial charge in [-0.25, -0.2) is 4.79 Å². The molecule has 2 aromatic carbocycles. The van der Waals surface area contributed by atoms with Crippen molar-refractivity contribution in [1.29, 1.82) is 0 Å². The first-order valence-electron chi connectivity index (χ1n) is 14.0. The Labute approximate surface area is 241 Å². The Morgan fingerprint density at radius 1 is 0.805 bits per heavy atom. The number of carbonyl (C=O) groups is 4. The van der Waals surface area contributed by atoms with Gasteiger partial charge in [0.15, 0.2) is 0 Å². The monoisotopic (exact) mass is 569 g/mol. The second-order valence-electron chi connectivity index (χ2n) is 10.3. The van der Waals surface area contributed by atoms with E-state index in [-0.39, 0.29) is 30.9 Å². The first-order chi connectivity index (χ1) is 19.5. The lowest BCUT2D eigenvalue weighted by Gasteiger charge is -2.28. The van der Waals surface area contributed by atoms with Gasteiger partial charge in [0.05, 0.1) is 6.04 Å². The number of carboxylic acids is 1. The molecule has 224 valence electrons. The number of carboxylic acid groups (broad SMARTS) is 1. The van der Waals surface area contributed by atoms with Gasteiger partial charge in [-0.1, -0.05) is 62.7 Å². The molecule has 11 nitrogen and oxygen atoms in total. The minimum Gasteiger partial charge on any atom is -0.508 e. The molecule has 0 fully saturated rings. The van der Waals surface area contributed by atoms with Crippen LogP contribution in [0.5, 0.6) is 5.75 Å². The lowest BCUT2D eigenvalue weighted by molar-refractivity contribution is -0.142. The number of phenols is 1. The maximum Gasteiger partial charge on any atom is 0.326 e. The van der Waals surface area contributed by atoms with E-state index in [0.717, 1.165) is 11.1 Å². The van der Waals surface area contributed by atoms with Crippen LogP contribution in [0.15, 0.2) is 54.6 Å². The number of hydrogen-bond acceptors (Lipinski definition) is 7. The zero-order valence-corrected chi connectivity index (χ0v) is 23.7. The predicted octanol–water partition coefficient (Wildman–Crippen LogP) is 1.22. The van der Waals surface area contributed by atoms with E-state index >= 15 is 0 Å². The number of hydrogen-bond donors (Lipinski definition) is 7. The standard InChI is InChI=1S/C30H43N5O6/c1-3-19(2)26(29(39)34-25(30(40)41)18-20-9-5-4-6-10-20)35-28(38)24(11-7-8-16-31)33-27(37)23(32)17-21-12-14-22(36)15-13-21/h4-6,9-10,12-15,19,23-26,36H,3,7-8,11,16-18,31-32H2,1-2H3,(H,33,37)(H,34,39)(H,35,38)(H,40,41). The minimum atomic E-state index is -1.19. The quantitative estimate of drug-likeness (QED) is 0.138. The number of phenolic OH excluding ortho intramolecular Hbond substituents is 1. The van der Waals surface area contributed by atoms with Crippen molar-refractivity contribution >= 4 is 23.7 Å². The zero-order chi connectivity index (χ0) is 30.4. The molecule has 0 saturated heterocycles. The molecule has 2 rings (SSSR count). The number of unbranched alkanes of at least 4 members (excludes halogenated alkanes) is 1. The lowest BCUT2D eigenvalue weighted by atomic mass is 9.96. The van der Waals surface area contributed by atoms with Crippen LogP contribution in [-0.4, -0.2) is 64.6 Å². The van der Waals surface area contributed by atoms with Crippen molar-refractivity contribution in [2.24, 2.45) is 17.4 Å². The normalized spacial score (nSPS) is 14.6. The van der Waals surface area contributed by atoms with Gasteiger partial charge in [-0.15, -0.1) is 0 Å². The number of nitrogens with two attached hydrogens (primary N) is 2. The molecule has 0 aliphatic heterocycles. The number of amides is 3. The smallest absolute Gasteiger partial charge is 0.326 e. The Balaban J connectivity index is 2.14. The van der Waals surface area contributed by atoms with Gasteiger partial charge in [0, 0.05) is 6.42 Å². The summed E-state index contributed by atoms with van der Waals surface area (Å²) in [5, 5.41) is 27.2. The molecule has 41 heavy (non-hydrogen) atoms. The van der Waals surface area contributed by atoms with E-state index in [0.29, 0.717) is 25.8 Å². The van der Waals surface area contributed by atoms with Crippen LogP contribution in [0.1, 0.15) is 50.7 Å². The predicted molar refractivity (Wildman–Crippen MR) is 156 cm³/mol. The first-order valence-corrected chi connectivity index (χ1v) is 14.0. The number of carbonyl (C=O) groups excluding carboxylic acids is 3. The third-order valence-corrected chi connectivity index (χ3v) is 7.00. The first kappa shape index (κ1) is 33.2. The molecule has 3 amide bonds. The lowest BCUT2D eigenvalue weighted by Crippen LogP contribution is -2.59. The molecule has 5 unspecified atom stereocenters. The fourth-order valence-corrected chi connectivity index (χ4v) is 4.29. The average Bonchev–Trinajstić information content (AvgIpc) is 2.96. The van der Waals surface area contributed by atoms with E-state index in [1.165, 1.54) is 12.1 Å². The zero-order valence-electron chi connectivity index (χ0n) is 23.7. The topological polar surface area (TPSA) is 197 Å². The summed E-state index contributed by atoms with van der Waals surface area (Å²) in [6.07, 6.45) is 2.28. The Kier molecular flexibility index (Phi) is 13.8. The van der Waals surface area contributed by atoms with Crippen molar-refractivity contribution in [2.45, 2.75) is 76.5 Å². The van der Waals surface area contributed by atoms with Crippen LogP contribution in [0.25, 0.3) is 0 Å². The molecule has 2 aromatic rings. The van der Waals surface area contributed by atoms with Crippen molar-refractivity contribution in [3.63, 3.8) is 0 Å². The van der Waals surface area contributed by atoms with E-state index in [9.17, 15) is 29.4 Å². The van der Waals surface area contributed by atoms with Crippen molar-refractivity contribution in [2.75, 3.05) is 6.54 Å². The van der Waals surface area contributed by atoms with E-state index in [4.69, 9.17) is 11.5 Å². The summed E-state index contributed by atoms with van der Waals surface area (Å²) < 4.78 is 0. The maximum atomic E-state index is 13.4. The van der Waals surface area contributed by atoms with Gasteiger partial charge in [-0.2, -0.15) is 0 Å². The minimum absolute atomic E-state index is 0.0831. The van der Waals surface area contributed by atoms with E-state index in [2.05, 4.69) is 16.0 Å². The van der Waals surface area contributed by atoms with Crippen LogP contribution < -0.4 is 27.4 Å². The van der Waals surface area contributed by atoms with Crippen molar-refractivity contribution in [3.05, 3.63) is 65.7 Å². The molecule has 5 atom stereocenters. The van der Waals surface area contributed by atoms with E-state index in [1.807, 2.05) is 13.0 Å². The summed E-state index contributed by atoms with van der Waals surface area (Å²) >= 11 is 0. The van der Waals surface area contributed by atoms with Crippen LogP contribution in [0.2, 0.25) is 0 Å². The Bertz CT molecular complexity index is 1130. The SMILES string of the molecule is CCC(C)C(NC(=O)C(CCCCN)NC(=O)C(N)Cc1ccc(O)cc1)C(=O)NC(Cc1ccccc1)C(=O)O. The number of benzene rings is 2. The second-order valence-corrected chi connectivity index (χ2v) is 10.3. The maximum absolute atomic E-state index is 13.4. The summed E-state index contributed by atoms with van der Waals surface area (Å²) in [5.74, 6) is -3.13. The van der Waals surface area contributed by atoms with Gasteiger partial charge in [-0.3, -0.25) is 14.4 Å². The Morgan fingerprint density at radius 3 is 2.00 bits per heavy atom. The molecule has 11 heteroatoms. The van der Waals surface area contributed by atoms with Gasteiger partial charge >= 0.3 is 5.97 Å². The highest BCUT2D eigenvalue weighted by atomic mass is 16.4. The van der Waals surface area contributed by atoms with Crippen molar-refractivity contribution < 1.29 is 29.4 Å². The van der Waals surface area contributed by atoms with E-state index in [1.54, 1.807) is 43.3 Å². The van der Waals surface area contributed by atoms with Gasteiger partial charge in [-0.05, 0) is 61.4 Å². The second kappa shape index (κ2) is 17.0. The van der Waals surface area contributed by atoms with Crippen LogP contribution in [0.3, 0.4) is 0 Å². The fourth-order valence-electron chi connectivity index (χ4n) is 4.29. The highest BCUT2D eigenvalue weighted by Gasteiger charge is 2.32. The molecule has 0 aliphatic carbocycles. The highest BCUT2D eigenvalue weighted by Crippen LogP contribution is 2.13. The number of aliphatic carboxylic acids is 1.